The van der Waals surface area contributed by atoms with E-state index < -0.39 is 29.0 Å². The van der Waals surface area contributed by atoms with Crippen LogP contribution in [0.25, 0.3) is 0 Å². The minimum absolute atomic E-state index is 0.619. The molecular formula is C10H5F4NO. The fraction of sp³-hybridized carbons (Fsp3) is 0.100. The fourth-order valence-electron chi connectivity index (χ4n) is 1.05. The Morgan fingerprint density at radius 2 is 1.94 bits per heavy atom. The largest absolute Gasteiger partial charge is 0.420 e. The molecule has 0 aliphatic rings. The lowest BCUT2D eigenvalue weighted by atomic mass is 10.1. The van der Waals surface area contributed by atoms with Crippen molar-refractivity contribution in [1.29, 1.82) is 0 Å². The third kappa shape index (κ3) is 2.73. The summed E-state index contributed by atoms with van der Waals surface area (Å²) in [5.41, 5.74) is 2.53. The normalized spacial score (nSPS) is 10.5. The van der Waals surface area contributed by atoms with Crippen LogP contribution in [0.5, 0.6) is 0 Å². The first-order valence-corrected chi connectivity index (χ1v) is 3.99. The van der Waals surface area contributed by atoms with Gasteiger partial charge in [-0.15, -0.1) is 0 Å². The minimum atomic E-state index is -4.87. The SMILES string of the molecule is NC(=O)C#Cc1cccc(F)c1C(F)(F)F. The van der Waals surface area contributed by atoms with Gasteiger partial charge in [0.05, 0.1) is 0 Å². The molecule has 6 heteroatoms. The molecular weight excluding hydrogens is 226 g/mol. The summed E-state index contributed by atoms with van der Waals surface area (Å²) in [6.07, 6.45) is -4.87. The van der Waals surface area contributed by atoms with E-state index in [1.54, 1.807) is 5.92 Å². The number of primary amides is 1. The first-order valence-electron chi connectivity index (χ1n) is 3.99. The number of rotatable bonds is 0. The molecule has 16 heavy (non-hydrogen) atoms. The van der Waals surface area contributed by atoms with Crippen molar-refractivity contribution in [2.75, 3.05) is 0 Å². The highest BCUT2D eigenvalue weighted by Crippen LogP contribution is 2.33. The van der Waals surface area contributed by atoms with Gasteiger partial charge in [-0.1, -0.05) is 12.0 Å². The smallest absolute Gasteiger partial charge is 0.359 e. The zero-order chi connectivity index (χ0) is 12.3. The Morgan fingerprint density at radius 1 is 1.31 bits per heavy atom. The maximum Gasteiger partial charge on any atom is 0.420 e. The van der Waals surface area contributed by atoms with Crippen LogP contribution in [0.4, 0.5) is 17.6 Å². The molecule has 2 nitrogen and oxygen atoms in total. The highest BCUT2D eigenvalue weighted by Gasteiger charge is 2.36. The summed E-state index contributed by atoms with van der Waals surface area (Å²) in [6, 6.07) is 2.69. The first-order chi connectivity index (χ1) is 7.32. The van der Waals surface area contributed by atoms with Crippen molar-refractivity contribution in [2.24, 2.45) is 5.73 Å². The van der Waals surface area contributed by atoms with Gasteiger partial charge >= 0.3 is 6.18 Å². The number of benzene rings is 1. The van der Waals surface area contributed by atoms with Crippen molar-refractivity contribution in [3.05, 3.63) is 35.1 Å². The van der Waals surface area contributed by atoms with Crippen LogP contribution in [0.2, 0.25) is 0 Å². The van der Waals surface area contributed by atoms with Crippen LogP contribution in [0.1, 0.15) is 11.1 Å². The molecule has 0 fully saturated rings. The number of amides is 1. The molecule has 1 aromatic carbocycles. The second-order valence-electron chi connectivity index (χ2n) is 2.77. The number of alkyl halides is 3. The molecule has 0 spiro atoms. The predicted octanol–water partition coefficient (Wildman–Crippen LogP) is 1.68. The zero-order valence-electron chi connectivity index (χ0n) is 7.73. The minimum Gasteiger partial charge on any atom is -0.359 e. The highest BCUT2D eigenvalue weighted by molar-refractivity contribution is 5.92. The van der Waals surface area contributed by atoms with Gasteiger partial charge in [0.15, 0.2) is 0 Å². The van der Waals surface area contributed by atoms with Gasteiger partial charge in [-0.3, -0.25) is 4.79 Å². The molecule has 0 bridgehead atoms. The first kappa shape index (κ1) is 12.0. The molecule has 2 N–H and O–H groups in total. The Bertz CT molecular complexity index is 482. The van der Waals surface area contributed by atoms with E-state index in [0.717, 1.165) is 12.1 Å². The molecule has 0 aliphatic carbocycles. The molecule has 0 unspecified atom stereocenters. The Labute approximate surface area is 88.1 Å². The third-order valence-electron chi connectivity index (χ3n) is 1.62. The van der Waals surface area contributed by atoms with Crippen molar-refractivity contribution in [3.63, 3.8) is 0 Å². The molecule has 0 aliphatic heterocycles. The summed E-state index contributed by atoms with van der Waals surface area (Å²) in [4.78, 5) is 10.3. The number of hydrogen-bond acceptors (Lipinski definition) is 1. The summed E-state index contributed by atoms with van der Waals surface area (Å²) in [5, 5.41) is 0. The number of carbonyl (C=O) groups is 1. The highest BCUT2D eigenvalue weighted by atomic mass is 19.4. The summed E-state index contributed by atoms with van der Waals surface area (Å²) < 4.78 is 50.2. The van der Waals surface area contributed by atoms with Crippen LogP contribution >= 0.6 is 0 Å². The topological polar surface area (TPSA) is 43.1 Å². The maximum atomic E-state index is 13.0. The van der Waals surface area contributed by atoms with Crippen molar-refractivity contribution < 1.29 is 22.4 Å². The third-order valence-corrected chi connectivity index (χ3v) is 1.62. The number of nitrogens with two attached hydrogens (primary N) is 1. The van der Waals surface area contributed by atoms with Gasteiger partial charge in [-0.05, 0) is 18.1 Å². The number of hydrogen-bond donors (Lipinski definition) is 1. The second-order valence-corrected chi connectivity index (χ2v) is 2.77. The van der Waals surface area contributed by atoms with Crippen LogP contribution in [0, 0.1) is 17.7 Å². The Morgan fingerprint density at radius 3 is 2.44 bits per heavy atom. The molecule has 0 saturated heterocycles. The van der Waals surface area contributed by atoms with Crippen molar-refractivity contribution in [2.45, 2.75) is 6.18 Å². The lowest BCUT2D eigenvalue weighted by Gasteiger charge is -2.09. The van der Waals surface area contributed by atoms with Crippen LogP contribution < -0.4 is 5.73 Å². The molecule has 1 rings (SSSR count). The summed E-state index contributed by atoms with van der Waals surface area (Å²) in [5.74, 6) is 1.07. The average molecular weight is 231 g/mol. The van der Waals surface area contributed by atoms with Crippen LogP contribution in [-0.4, -0.2) is 5.91 Å². The predicted molar refractivity (Wildman–Crippen MR) is 47.5 cm³/mol. The molecule has 0 radical (unpaired) electrons. The van der Waals surface area contributed by atoms with E-state index in [9.17, 15) is 22.4 Å². The van der Waals surface area contributed by atoms with E-state index in [1.807, 2.05) is 5.92 Å². The van der Waals surface area contributed by atoms with Gasteiger partial charge in [0.2, 0.25) is 0 Å². The van der Waals surface area contributed by atoms with Gasteiger partial charge in [0, 0.05) is 5.56 Å². The lowest BCUT2D eigenvalue weighted by molar-refractivity contribution is -0.140. The quantitative estimate of drug-likeness (QED) is 0.535. The van der Waals surface area contributed by atoms with Crippen molar-refractivity contribution in [3.8, 4) is 11.8 Å². The van der Waals surface area contributed by atoms with Crippen LogP contribution in [-0.2, 0) is 11.0 Å². The van der Waals surface area contributed by atoms with Crippen LogP contribution in [0.15, 0.2) is 18.2 Å². The van der Waals surface area contributed by atoms with Gasteiger partial charge in [-0.2, -0.15) is 13.2 Å². The molecule has 1 amide bonds. The van der Waals surface area contributed by atoms with E-state index in [0.29, 0.717) is 6.07 Å². The fourth-order valence-corrected chi connectivity index (χ4v) is 1.05. The monoisotopic (exact) mass is 231 g/mol. The second kappa shape index (κ2) is 4.23. The maximum absolute atomic E-state index is 13.0. The molecule has 0 atom stereocenters. The Hall–Kier alpha value is -2.03. The lowest BCUT2D eigenvalue weighted by Crippen LogP contribution is -2.11. The van der Waals surface area contributed by atoms with Crippen LogP contribution in [0.3, 0.4) is 0 Å². The standard InChI is InChI=1S/C10H5F4NO/c11-7-3-1-2-6(4-5-8(15)16)9(7)10(12,13)14/h1-3H,(H2,15,16). The Kier molecular flexibility index (Phi) is 3.18. The Balaban J connectivity index is 3.37. The van der Waals surface area contributed by atoms with Gasteiger partial charge in [0.1, 0.15) is 11.4 Å². The van der Waals surface area contributed by atoms with E-state index in [-0.39, 0.29) is 0 Å². The van der Waals surface area contributed by atoms with Gasteiger partial charge in [-0.25, -0.2) is 4.39 Å². The molecule has 1 aromatic rings. The average Bonchev–Trinajstić information content (AvgIpc) is 2.12. The molecule has 0 saturated carbocycles. The van der Waals surface area contributed by atoms with E-state index in [1.165, 1.54) is 0 Å². The van der Waals surface area contributed by atoms with Gasteiger partial charge in [0.25, 0.3) is 5.91 Å². The molecule has 0 heterocycles. The number of halogens is 4. The van der Waals surface area contributed by atoms with Gasteiger partial charge < -0.3 is 5.73 Å². The summed E-state index contributed by atoms with van der Waals surface area (Å²) in [7, 11) is 0. The molecule has 84 valence electrons. The summed E-state index contributed by atoms with van der Waals surface area (Å²) >= 11 is 0. The number of carbonyl (C=O) groups excluding carboxylic acids is 1. The molecule has 0 aromatic heterocycles. The van der Waals surface area contributed by atoms with E-state index in [4.69, 9.17) is 0 Å². The van der Waals surface area contributed by atoms with Crippen molar-refractivity contribution in [1.82, 2.24) is 0 Å². The van der Waals surface area contributed by atoms with E-state index >= 15 is 0 Å². The zero-order valence-corrected chi connectivity index (χ0v) is 7.73. The van der Waals surface area contributed by atoms with Crippen molar-refractivity contribution >= 4 is 5.91 Å². The summed E-state index contributed by atoms with van der Waals surface area (Å²) in [6.45, 7) is 0. The van der Waals surface area contributed by atoms with E-state index in [2.05, 4.69) is 5.73 Å².